The number of hydrogen-bond donors (Lipinski definition) is 0. The van der Waals surface area contributed by atoms with E-state index in [0.717, 1.165) is 11.7 Å². The average Bonchev–Trinajstić information content (AvgIpc) is 2.72. The van der Waals surface area contributed by atoms with Crippen LogP contribution in [0.15, 0.2) is 36.4 Å². The molecule has 1 aliphatic carbocycles. The van der Waals surface area contributed by atoms with Crippen molar-refractivity contribution in [3.05, 3.63) is 42.0 Å². The van der Waals surface area contributed by atoms with Crippen LogP contribution in [0.2, 0.25) is 0 Å². The summed E-state index contributed by atoms with van der Waals surface area (Å²) in [5.41, 5.74) is 1.40. The van der Waals surface area contributed by atoms with Gasteiger partial charge in [-0.3, -0.25) is 0 Å². The standard InChI is InChI=1S/C13H16O/c1-14-13-8-6-12(7-9-13)10-11-4-2-3-5-11/h2,4,6-9,11H,3,5,10H2,1H3. The Kier molecular flexibility index (Phi) is 2.87. The van der Waals surface area contributed by atoms with Crippen LogP contribution < -0.4 is 4.74 Å². The summed E-state index contributed by atoms with van der Waals surface area (Å²) in [6.07, 6.45) is 8.35. The summed E-state index contributed by atoms with van der Waals surface area (Å²) < 4.78 is 5.13. The molecule has 1 aromatic rings. The zero-order chi connectivity index (χ0) is 9.80. The number of ether oxygens (including phenoxy) is 1. The van der Waals surface area contributed by atoms with Crippen LogP contribution in [0.5, 0.6) is 5.75 Å². The molecule has 0 N–H and O–H groups in total. The van der Waals surface area contributed by atoms with Crippen LogP contribution in [-0.2, 0) is 6.42 Å². The molecule has 14 heavy (non-hydrogen) atoms. The lowest BCUT2D eigenvalue weighted by molar-refractivity contribution is 0.414. The maximum Gasteiger partial charge on any atom is 0.118 e. The summed E-state index contributed by atoms with van der Waals surface area (Å²) in [5, 5.41) is 0. The van der Waals surface area contributed by atoms with Crippen molar-refractivity contribution in [2.45, 2.75) is 19.3 Å². The molecule has 1 aliphatic rings. The molecule has 0 aliphatic heterocycles. The van der Waals surface area contributed by atoms with Crippen molar-refractivity contribution in [3.8, 4) is 5.75 Å². The van der Waals surface area contributed by atoms with Gasteiger partial charge in [0.1, 0.15) is 5.75 Å². The predicted molar refractivity (Wildman–Crippen MR) is 58.6 cm³/mol. The molecule has 0 saturated carbocycles. The first-order chi connectivity index (χ1) is 6.88. The molecule has 0 radical (unpaired) electrons. The molecular formula is C13H16O. The Hall–Kier alpha value is -1.24. The first-order valence-electron chi connectivity index (χ1n) is 5.18. The van der Waals surface area contributed by atoms with Gasteiger partial charge >= 0.3 is 0 Å². The van der Waals surface area contributed by atoms with E-state index in [-0.39, 0.29) is 0 Å². The van der Waals surface area contributed by atoms with E-state index < -0.39 is 0 Å². The van der Waals surface area contributed by atoms with E-state index >= 15 is 0 Å². The molecule has 1 atom stereocenters. The van der Waals surface area contributed by atoms with Gasteiger partial charge in [-0.05, 0) is 42.9 Å². The monoisotopic (exact) mass is 188 g/mol. The van der Waals surface area contributed by atoms with E-state index in [2.05, 4.69) is 24.3 Å². The minimum Gasteiger partial charge on any atom is -0.497 e. The second-order valence-electron chi connectivity index (χ2n) is 3.82. The highest BCUT2D eigenvalue weighted by Gasteiger charge is 2.09. The summed E-state index contributed by atoms with van der Waals surface area (Å²) >= 11 is 0. The van der Waals surface area contributed by atoms with Crippen molar-refractivity contribution < 1.29 is 4.74 Å². The van der Waals surface area contributed by atoms with Crippen molar-refractivity contribution in [1.82, 2.24) is 0 Å². The highest BCUT2D eigenvalue weighted by atomic mass is 16.5. The van der Waals surface area contributed by atoms with E-state index in [9.17, 15) is 0 Å². The third-order valence-corrected chi connectivity index (χ3v) is 2.77. The molecule has 0 heterocycles. The molecule has 2 rings (SSSR count). The summed E-state index contributed by atoms with van der Waals surface area (Å²) in [4.78, 5) is 0. The maximum atomic E-state index is 5.13. The van der Waals surface area contributed by atoms with E-state index in [1.807, 2.05) is 12.1 Å². The average molecular weight is 188 g/mol. The van der Waals surface area contributed by atoms with Crippen LogP contribution in [-0.4, -0.2) is 7.11 Å². The predicted octanol–water partition coefficient (Wildman–Crippen LogP) is 3.20. The molecule has 0 saturated heterocycles. The number of hydrogen-bond acceptors (Lipinski definition) is 1. The van der Waals surface area contributed by atoms with Crippen molar-refractivity contribution in [3.63, 3.8) is 0 Å². The number of allylic oxidation sites excluding steroid dienone is 2. The van der Waals surface area contributed by atoms with Gasteiger partial charge in [-0.25, -0.2) is 0 Å². The van der Waals surface area contributed by atoms with Crippen LogP contribution in [0.1, 0.15) is 18.4 Å². The van der Waals surface area contributed by atoms with Gasteiger partial charge < -0.3 is 4.74 Å². The molecule has 1 aromatic carbocycles. The summed E-state index contributed by atoms with van der Waals surface area (Å²) in [7, 11) is 1.70. The van der Waals surface area contributed by atoms with Crippen LogP contribution in [0, 0.1) is 5.92 Å². The minimum atomic E-state index is 0.753. The lowest BCUT2D eigenvalue weighted by Crippen LogP contribution is -1.97. The lowest BCUT2D eigenvalue weighted by atomic mass is 9.99. The molecule has 1 nitrogen and oxygen atoms in total. The number of benzene rings is 1. The van der Waals surface area contributed by atoms with E-state index in [1.165, 1.54) is 24.8 Å². The van der Waals surface area contributed by atoms with Gasteiger partial charge in [0, 0.05) is 0 Å². The van der Waals surface area contributed by atoms with E-state index in [1.54, 1.807) is 7.11 Å². The quantitative estimate of drug-likeness (QED) is 0.662. The normalized spacial score (nSPS) is 19.9. The van der Waals surface area contributed by atoms with Gasteiger partial charge in [0.15, 0.2) is 0 Å². The summed E-state index contributed by atoms with van der Waals surface area (Å²) in [6, 6.07) is 8.39. The molecule has 0 amide bonds. The third-order valence-electron chi connectivity index (χ3n) is 2.77. The van der Waals surface area contributed by atoms with Gasteiger partial charge in [-0.1, -0.05) is 24.3 Å². The Morgan fingerprint density at radius 1 is 1.29 bits per heavy atom. The zero-order valence-corrected chi connectivity index (χ0v) is 8.57. The smallest absolute Gasteiger partial charge is 0.118 e. The van der Waals surface area contributed by atoms with Crippen LogP contribution in [0.3, 0.4) is 0 Å². The van der Waals surface area contributed by atoms with Crippen LogP contribution in [0.25, 0.3) is 0 Å². The Morgan fingerprint density at radius 2 is 2.07 bits per heavy atom. The van der Waals surface area contributed by atoms with Crippen molar-refractivity contribution >= 4 is 0 Å². The molecular weight excluding hydrogens is 172 g/mol. The van der Waals surface area contributed by atoms with Crippen molar-refractivity contribution in [2.24, 2.45) is 5.92 Å². The van der Waals surface area contributed by atoms with Gasteiger partial charge in [0.2, 0.25) is 0 Å². The van der Waals surface area contributed by atoms with Gasteiger partial charge in [0.25, 0.3) is 0 Å². The first kappa shape index (κ1) is 9.32. The Balaban J connectivity index is 1.99. The number of methoxy groups -OCH3 is 1. The fourth-order valence-electron chi connectivity index (χ4n) is 1.93. The second-order valence-corrected chi connectivity index (χ2v) is 3.82. The van der Waals surface area contributed by atoms with Crippen molar-refractivity contribution in [1.29, 1.82) is 0 Å². The molecule has 0 fully saturated rings. The molecule has 1 unspecified atom stereocenters. The van der Waals surface area contributed by atoms with E-state index in [0.29, 0.717) is 0 Å². The van der Waals surface area contributed by atoms with Gasteiger partial charge in [0.05, 0.1) is 7.11 Å². The maximum absolute atomic E-state index is 5.13. The third kappa shape index (κ3) is 2.16. The Morgan fingerprint density at radius 3 is 2.64 bits per heavy atom. The lowest BCUT2D eigenvalue weighted by Gasteiger charge is -2.07. The Labute approximate surface area is 85.4 Å². The highest BCUT2D eigenvalue weighted by molar-refractivity contribution is 5.27. The molecule has 74 valence electrons. The SMILES string of the molecule is COc1ccc(CC2C=CCC2)cc1. The molecule has 1 heteroatoms. The zero-order valence-electron chi connectivity index (χ0n) is 8.57. The van der Waals surface area contributed by atoms with Crippen molar-refractivity contribution in [2.75, 3.05) is 7.11 Å². The molecule has 0 aromatic heterocycles. The van der Waals surface area contributed by atoms with E-state index in [4.69, 9.17) is 4.74 Å². The second kappa shape index (κ2) is 4.32. The molecule has 0 spiro atoms. The number of rotatable bonds is 3. The first-order valence-corrected chi connectivity index (χ1v) is 5.18. The topological polar surface area (TPSA) is 9.23 Å². The fourth-order valence-corrected chi connectivity index (χ4v) is 1.93. The fraction of sp³-hybridized carbons (Fsp3) is 0.385. The van der Waals surface area contributed by atoms with Crippen LogP contribution >= 0.6 is 0 Å². The Bertz CT molecular complexity index is 311. The summed E-state index contributed by atoms with van der Waals surface area (Å²) in [6.45, 7) is 0. The largest absolute Gasteiger partial charge is 0.497 e. The highest BCUT2D eigenvalue weighted by Crippen LogP contribution is 2.22. The molecule has 0 bridgehead atoms. The van der Waals surface area contributed by atoms with Crippen LogP contribution in [0.4, 0.5) is 0 Å². The summed E-state index contributed by atoms with van der Waals surface area (Å²) in [5.74, 6) is 1.69. The van der Waals surface area contributed by atoms with Gasteiger partial charge in [-0.15, -0.1) is 0 Å². The van der Waals surface area contributed by atoms with Gasteiger partial charge in [-0.2, -0.15) is 0 Å². The minimum absolute atomic E-state index is 0.753.